The van der Waals surface area contributed by atoms with Crippen LogP contribution in [0.5, 0.6) is 0 Å². The average Bonchev–Trinajstić information content (AvgIpc) is 2.60. The van der Waals surface area contributed by atoms with E-state index in [0.717, 1.165) is 6.42 Å². The normalized spacial score (nSPS) is 11.5. The average molecular weight is 338 g/mol. The van der Waals surface area contributed by atoms with E-state index >= 15 is 0 Å². The Bertz CT molecular complexity index is 234. The second-order valence-corrected chi connectivity index (χ2v) is 7.49. The van der Waals surface area contributed by atoms with E-state index in [1.165, 1.54) is 122 Å². The molecule has 1 radical (unpaired) electrons. The van der Waals surface area contributed by atoms with E-state index in [0.29, 0.717) is 0 Å². The molecule has 0 aliphatic rings. The van der Waals surface area contributed by atoms with Gasteiger partial charge in [0, 0.05) is 0 Å². The maximum absolute atomic E-state index is 8.41. The quantitative estimate of drug-likeness (QED) is 0.174. The minimum atomic E-state index is 0.982. The van der Waals surface area contributed by atoms with Crippen molar-refractivity contribution in [1.82, 2.24) is 0 Å². The lowest BCUT2D eigenvalue weighted by Gasteiger charge is -2.03. The second-order valence-electron chi connectivity index (χ2n) is 7.49. The van der Waals surface area contributed by atoms with E-state index in [-0.39, 0.29) is 0 Å². The van der Waals surface area contributed by atoms with Crippen LogP contribution in [-0.2, 0) is 0 Å². The molecule has 143 valence electrons. The molecule has 1 heteroatoms. The number of unbranched alkanes of at least 4 members (excludes halogenated alkanes) is 19. The Kier molecular flexibility index (Phi) is 22.1. The first-order valence-corrected chi connectivity index (χ1v) is 11.1. The molecular weight excluding hydrogens is 292 g/mol. The van der Waals surface area contributed by atoms with E-state index in [1.54, 1.807) is 6.08 Å². The van der Waals surface area contributed by atoms with Crippen molar-refractivity contribution in [3.8, 4) is 0 Å². The number of rotatable bonds is 20. The van der Waals surface area contributed by atoms with Crippen LogP contribution in [0, 0.1) is 6.26 Å². The van der Waals surface area contributed by atoms with Gasteiger partial charge in [-0.2, -0.15) is 0 Å². The van der Waals surface area contributed by atoms with Crippen LogP contribution in [0.15, 0.2) is 6.08 Å². The summed E-state index contributed by atoms with van der Waals surface area (Å²) in [5, 5.41) is 8.41. The van der Waals surface area contributed by atoms with Gasteiger partial charge in [-0.15, -0.1) is 0 Å². The number of aliphatic hydroxyl groups is 1. The van der Waals surface area contributed by atoms with Gasteiger partial charge in [0.05, 0.1) is 0 Å². The molecule has 0 aromatic heterocycles. The molecule has 0 atom stereocenters. The number of hydrogen-bond donors (Lipinski definition) is 1. The summed E-state index contributed by atoms with van der Waals surface area (Å²) in [6, 6.07) is 0. The Balaban J connectivity index is 2.95. The van der Waals surface area contributed by atoms with Gasteiger partial charge in [-0.25, -0.2) is 0 Å². The van der Waals surface area contributed by atoms with Gasteiger partial charge in [0.1, 0.15) is 0 Å². The predicted octanol–water partition coefficient (Wildman–Crippen LogP) is 8.68. The van der Waals surface area contributed by atoms with Crippen molar-refractivity contribution in [3.05, 3.63) is 12.3 Å². The van der Waals surface area contributed by atoms with Gasteiger partial charge >= 0.3 is 0 Å². The highest BCUT2D eigenvalue weighted by Crippen LogP contribution is 2.14. The summed E-state index contributed by atoms with van der Waals surface area (Å²) >= 11 is 0. The first-order valence-electron chi connectivity index (χ1n) is 11.1. The Labute approximate surface area is 153 Å². The molecule has 0 bridgehead atoms. The summed E-state index contributed by atoms with van der Waals surface area (Å²) in [6.07, 6.45) is 31.8. The van der Waals surface area contributed by atoms with E-state index in [9.17, 15) is 0 Å². The summed E-state index contributed by atoms with van der Waals surface area (Å²) < 4.78 is 0. The van der Waals surface area contributed by atoms with E-state index < -0.39 is 0 Å². The molecule has 24 heavy (non-hydrogen) atoms. The van der Waals surface area contributed by atoms with E-state index in [2.05, 4.69) is 13.2 Å². The molecule has 0 unspecified atom stereocenters. The molecule has 0 aliphatic carbocycles. The van der Waals surface area contributed by atoms with Crippen molar-refractivity contribution in [1.29, 1.82) is 0 Å². The molecule has 0 saturated heterocycles. The molecule has 0 spiro atoms. The molecule has 0 aliphatic heterocycles. The fourth-order valence-electron chi connectivity index (χ4n) is 3.39. The predicted molar refractivity (Wildman–Crippen MR) is 108 cm³/mol. The van der Waals surface area contributed by atoms with Gasteiger partial charge in [-0.3, -0.25) is 0 Å². The molecule has 0 amide bonds. The second kappa shape index (κ2) is 22.5. The van der Waals surface area contributed by atoms with Gasteiger partial charge < -0.3 is 5.11 Å². The van der Waals surface area contributed by atoms with Crippen molar-refractivity contribution >= 4 is 0 Å². The zero-order valence-corrected chi connectivity index (χ0v) is 16.7. The van der Waals surface area contributed by atoms with Gasteiger partial charge in [0.2, 0.25) is 0 Å². The Morgan fingerprint density at radius 3 is 1.08 bits per heavy atom. The van der Waals surface area contributed by atoms with Crippen LogP contribution in [0.25, 0.3) is 0 Å². The molecule has 0 rings (SSSR count). The van der Waals surface area contributed by atoms with Crippen molar-refractivity contribution in [2.24, 2.45) is 0 Å². The molecule has 0 aromatic carbocycles. The highest BCUT2D eigenvalue weighted by molar-refractivity contribution is 4.65. The number of hydrogen-bond acceptors (Lipinski definition) is 1. The first kappa shape index (κ1) is 23.5. The SMILES string of the molecule is CCCCCCCCCCCCCCCCCCCCC/C=[C]\O. The van der Waals surface area contributed by atoms with E-state index in [1.807, 2.05) is 0 Å². The van der Waals surface area contributed by atoms with Crippen LogP contribution >= 0.6 is 0 Å². The van der Waals surface area contributed by atoms with Crippen molar-refractivity contribution in [2.45, 2.75) is 135 Å². The largest absolute Gasteiger partial charge is 0.504 e. The van der Waals surface area contributed by atoms with Crippen molar-refractivity contribution in [2.75, 3.05) is 0 Å². The summed E-state index contributed by atoms with van der Waals surface area (Å²) in [4.78, 5) is 0. The summed E-state index contributed by atoms with van der Waals surface area (Å²) in [5.74, 6) is 0. The van der Waals surface area contributed by atoms with Crippen LogP contribution in [0.3, 0.4) is 0 Å². The van der Waals surface area contributed by atoms with Gasteiger partial charge in [-0.1, -0.05) is 122 Å². The molecule has 0 aromatic rings. The van der Waals surface area contributed by atoms with Crippen molar-refractivity contribution < 1.29 is 5.11 Å². The number of allylic oxidation sites excluding steroid dienone is 1. The molecule has 1 N–H and O–H groups in total. The minimum Gasteiger partial charge on any atom is -0.504 e. The lowest BCUT2D eigenvalue weighted by atomic mass is 10.0. The third kappa shape index (κ3) is 21.5. The van der Waals surface area contributed by atoms with Gasteiger partial charge in [0.25, 0.3) is 0 Å². The van der Waals surface area contributed by atoms with Crippen LogP contribution in [0.1, 0.15) is 135 Å². The van der Waals surface area contributed by atoms with Crippen LogP contribution < -0.4 is 0 Å². The molecular formula is C23H45O. The highest BCUT2D eigenvalue weighted by Gasteiger charge is 1.95. The zero-order valence-electron chi connectivity index (χ0n) is 16.7. The maximum Gasteiger partial charge on any atom is 0.152 e. The fourth-order valence-corrected chi connectivity index (χ4v) is 3.39. The smallest absolute Gasteiger partial charge is 0.152 e. The van der Waals surface area contributed by atoms with Crippen LogP contribution in [0.2, 0.25) is 0 Å². The fraction of sp³-hybridized carbons (Fsp3) is 0.913. The number of aliphatic hydroxyl groups excluding tert-OH is 1. The van der Waals surface area contributed by atoms with Gasteiger partial charge in [-0.05, 0) is 18.9 Å². The lowest BCUT2D eigenvalue weighted by Crippen LogP contribution is -1.84. The Morgan fingerprint density at radius 1 is 0.500 bits per heavy atom. The van der Waals surface area contributed by atoms with E-state index in [4.69, 9.17) is 5.11 Å². The highest BCUT2D eigenvalue weighted by atomic mass is 16.2. The van der Waals surface area contributed by atoms with Gasteiger partial charge in [0.15, 0.2) is 6.26 Å². The van der Waals surface area contributed by atoms with Crippen LogP contribution in [0.4, 0.5) is 0 Å². The third-order valence-electron chi connectivity index (χ3n) is 5.04. The first-order chi connectivity index (χ1) is 11.9. The van der Waals surface area contributed by atoms with Crippen molar-refractivity contribution in [3.63, 3.8) is 0 Å². The zero-order chi connectivity index (χ0) is 17.6. The standard InChI is InChI=1S/C23H45O/c1-2-3-4-5-6-7-8-9-10-11-12-13-14-15-16-17-18-19-20-21-22-23-24/h22,24H,2-21H2,1H3. The molecule has 0 heterocycles. The Morgan fingerprint density at radius 2 is 0.792 bits per heavy atom. The minimum absolute atomic E-state index is 0.982. The lowest BCUT2D eigenvalue weighted by molar-refractivity contribution is 0.438. The summed E-state index contributed by atoms with van der Waals surface area (Å²) in [6.45, 7) is 2.29. The van der Waals surface area contributed by atoms with Crippen LogP contribution in [-0.4, -0.2) is 5.11 Å². The molecule has 0 fully saturated rings. The third-order valence-corrected chi connectivity index (χ3v) is 5.04. The summed E-state index contributed by atoms with van der Waals surface area (Å²) in [5.41, 5.74) is 0. The Hall–Kier alpha value is -0.460. The topological polar surface area (TPSA) is 20.2 Å². The summed E-state index contributed by atoms with van der Waals surface area (Å²) in [7, 11) is 0. The molecule has 1 nitrogen and oxygen atoms in total. The monoisotopic (exact) mass is 337 g/mol. The molecule has 0 saturated carbocycles. The maximum atomic E-state index is 8.41.